The maximum absolute atomic E-state index is 13.0. The van der Waals surface area contributed by atoms with Crippen LogP contribution in [0.1, 0.15) is 52.7 Å². The lowest BCUT2D eigenvalue weighted by atomic mass is 10.1. The monoisotopic (exact) mass is 461 g/mol. The highest BCUT2D eigenvalue weighted by Gasteiger charge is 2.36. The van der Waals surface area contributed by atoms with Crippen molar-refractivity contribution in [1.82, 2.24) is 9.91 Å². The molecule has 1 saturated heterocycles. The Bertz CT molecular complexity index is 1220. The summed E-state index contributed by atoms with van der Waals surface area (Å²) in [7, 11) is 0. The standard InChI is InChI=1S/C25H23N3O6/c29-23-9-2-10-27(23)15-17-5-1-6-18(13-17)25(31)34-16-24(30)28-20(22-8-4-12-33-22)14-19(26-28)21-7-3-11-32-21/h1,3-8,11-13,20H,2,9-10,14-16H2. The Balaban J connectivity index is 1.25. The lowest BCUT2D eigenvalue weighted by molar-refractivity contribution is -0.136. The van der Waals surface area contributed by atoms with Crippen molar-refractivity contribution >= 4 is 23.5 Å². The Labute approximate surface area is 195 Å². The fourth-order valence-corrected chi connectivity index (χ4v) is 4.20. The molecule has 1 unspecified atom stereocenters. The van der Waals surface area contributed by atoms with Gasteiger partial charge in [-0.15, -0.1) is 0 Å². The van der Waals surface area contributed by atoms with Crippen molar-refractivity contribution < 1.29 is 28.0 Å². The first-order valence-corrected chi connectivity index (χ1v) is 11.1. The number of carbonyl (C=O) groups excluding carboxylic acids is 3. The molecular weight excluding hydrogens is 438 g/mol. The number of furan rings is 2. The highest BCUT2D eigenvalue weighted by atomic mass is 16.5. The number of nitrogens with zero attached hydrogens (tertiary/aromatic N) is 3. The summed E-state index contributed by atoms with van der Waals surface area (Å²) < 4.78 is 16.2. The summed E-state index contributed by atoms with van der Waals surface area (Å²) in [5.74, 6) is 0.165. The molecule has 3 aromatic rings. The van der Waals surface area contributed by atoms with Crippen LogP contribution in [0.15, 0.2) is 75.0 Å². The largest absolute Gasteiger partial charge is 0.467 e. The van der Waals surface area contributed by atoms with Crippen molar-refractivity contribution in [2.45, 2.75) is 31.8 Å². The second-order valence-electron chi connectivity index (χ2n) is 8.19. The minimum absolute atomic E-state index is 0.116. The zero-order valence-electron chi connectivity index (χ0n) is 18.4. The van der Waals surface area contributed by atoms with E-state index in [1.807, 2.05) is 6.07 Å². The number of likely N-dealkylation sites (tertiary alicyclic amines) is 1. The van der Waals surface area contributed by atoms with Crippen LogP contribution in [0, 0.1) is 0 Å². The maximum atomic E-state index is 13.0. The van der Waals surface area contributed by atoms with Crippen molar-refractivity contribution in [2.24, 2.45) is 5.10 Å². The van der Waals surface area contributed by atoms with E-state index in [1.165, 1.54) is 11.3 Å². The van der Waals surface area contributed by atoms with Crippen molar-refractivity contribution in [2.75, 3.05) is 13.2 Å². The predicted molar refractivity (Wildman–Crippen MR) is 120 cm³/mol. The van der Waals surface area contributed by atoms with Gasteiger partial charge >= 0.3 is 5.97 Å². The average Bonchev–Trinajstić information content (AvgIpc) is 3.65. The smallest absolute Gasteiger partial charge is 0.338 e. The van der Waals surface area contributed by atoms with Gasteiger partial charge in [0, 0.05) is 25.9 Å². The Kier molecular flexibility index (Phi) is 5.99. The molecule has 9 nitrogen and oxygen atoms in total. The van der Waals surface area contributed by atoms with Crippen LogP contribution in [-0.4, -0.2) is 46.6 Å². The first-order chi connectivity index (χ1) is 16.6. The second-order valence-corrected chi connectivity index (χ2v) is 8.19. The van der Waals surface area contributed by atoms with Gasteiger partial charge in [0.05, 0.1) is 18.1 Å². The Morgan fingerprint density at radius 1 is 1.09 bits per heavy atom. The summed E-state index contributed by atoms with van der Waals surface area (Å²) in [6, 6.07) is 13.5. The number of hydrogen-bond donors (Lipinski definition) is 0. The van der Waals surface area contributed by atoms with E-state index < -0.39 is 24.5 Å². The molecule has 0 radical (unpaired) electrons. The molecule has 9 heteroatoms. The van der Waals surface area contributed by atoms with Crippen molar-refractivity contribution in [3.05, 3.63) is 83.7 Å². The highest BCUT2D eigenvalue weighted by molar-refractivity contribution is 6.01. The van der Waals surface area contributed by atoms with Crippen molar-refractivity contribution in [1.29, 1.82) is 0 Å². The topological polar surface area (TPSA) is 106 Å². The van der Waals surface area contributed by atoms with Crippen LogP contribution in [-0.2, 0) is 20.9 Å². The molecule has 1 atom stereocenters. The number of amides is 2. The predicted octanol–water partition coefficient (Wildman–Crippen LogP) is 3.53. The summed E-state index contributed by atoms with van der Waals surface area (Å²) in [5.41, 5.74) is 1.76. The van der Waals surface area contributed by atoms with Crippen molar-refractivity contribution in [3.63, 3.8) is 0 Å². The third-order valence-corrected chi connectivity index (χ3v) is 5.88. The summed E-state index contributed by atoms with van der Waals surface area (Å²) in [6.07, 6.45) is 4.90. The van der Waals surface area contributed by atoms with E-state index >= 15 is 0 Å². The third-order valence-electron chi connectivity index (χ3n) is 5.88. The number of rotatable bonds is 7. The number of hydrazone groups is 1. The van der Waals surface area contributed by atoms with Crippen LogP contribution in [0.2, 0.25) is 0 Å². The number of ether oxygens (including phenoxy) is 1. The molecule has 1 fully saturated rings. The third kappa shape index (κ3) is 4.50. The molecular formula is C25H23N3O6. The Hall–Kier alpha value is -4.14. The molecule has 34 heavy (non-hydrogen) atoms. The lowest BCUT2D eigenvalue weighted by Gasteiger charge is -2.19. The van der Waals surface area contributed by atoms with E-state index in [1.54, 1.807) is 53.6 Å². The minimum atomic E-state index is -0.619. The summed E-state index contributed by atoms with van der Waals surface area (Å²) in [4.78, 5) is 39.2. The molecule has 2 aromatic heterocycles. The SMILES string of the molecule is O=C(OCC(=O)N1N=C(c2ccco2)CC1c1ccco1)c1cccc(CN2CCCC2=O)c1. The Morgan fingerprint density at radius 2 is 1.94 bits per heavy atom. The van der Waals surface area contributed by atoms with E-state index in [2.05, 4.69) is 5.10 Å². The first kappa shape index (κ1) is 21.7. The van der Waals surface area contributed by atoms with Crippen LogP contribution in [0.5, 0.6) is 0 Å². The Morgan fingerprint density at radius 3 is 2.68 bits per heavy atom. The maximum Gasteiger partial charge on any atom is 0.338 e. The van der Waals surface area contributed by atoms with Crippen LogP contribution in [0.25, 0.3) is 0 Å². The van der Waals surface area contributed by atoms with Gasteiger partial charge in [-0.25, -0.2) is 9.80 Å². The molecule has 0 spiro atoms. The van der Waals surface area contributed by atoms with E-state index in [4.69, 9.17) is 13.6 Å². The molecule has 2 aliphatic rings. The van der Waals surface area contributed by atoms with Gasteiger partial charge < -0.3 is 18.5 Å². The highest BCUT2D eigenvalue weighted by Crippen LogP contribution is 2.33. The van der Waals surface area contributed by atoms with Gasteiger partial charge in [-0.05, 0) is 48.4 Å². The van der Waals surface area contributed by atoms with Crippen molar-refractivity contribution in [3.8, 4) is 0 Å². The van der Waals surface area contributed by atoms with Crippen LogP contribution in [0.3, 0.4) is 0 Å². The zero-order chi connectivity index (χ0) is 23.5. The van der Waals surface area contributed by atoms with E-state index in [9.17, 15) is 14.4 Å². The molecule has 1 aromatic carbocycles. The van der Waals surface area contributed by atoms with Gasteiger partial charge in [0.2, 0.25) is 5.91 Å². The molecule has 0 bridgehead atoms. The normalized spacial score (nSPS) is 17.8. The van der Waals surface area contributed by atoms with E-state index in [0.717, 1.165) is 18.5 Å². The fourth-order valence-electron chi connectivity index (χ4n) is 4.20. The summed E-state index contributed by atoms with van der Waals surface area (Å²) in [5, 5.41) is 5.69. The van der Waals surface area contributed by atoms with Gasteiger partial charge in [0.25, 0.3) is 5.91 Å². The fraction of sp³-hybridized carbons (Fsp3) is 0.280. The summed E-state index contributed by atoms with van der Waals surface area (Å²) in [6.45, 7) is 0.691. The zero-order valence-corrected chi connectivity index (χ0v) is 18.4. The molecule has 4 heterocycles. The van der Waals surface area contributed by atoms with E-state index in [0.29, 0.717) is 42.2 Å². The van der Waals surface area contributed by atoms with Gasteiger partial charge in [0.15, 0.2) is 6.61 Å². The lowest BCUT2D eigenvalue weighted by Crippen LogP contribution is -2.31. The van der Waals surface area contributed by atoms with Crippen LogP contribution in [0.4, 0.5) is 0 Å². The molecule has 0 saturated carbocycles. The quantitative estimate of drug-likeness (QED) is 0.499. The molecule has 2 amide bonds. The molecule has 0 N–H and O–H groups in total. The number of carbonyl (C=O) groups is 3. The molecule has 2 aliphatic heterocycles. The van der Waals surface area contributed by atoms with Gasteiger partial charge in [-0.2, -0.15) is 5.10 Å². The molecule has 0 aliphatic carbocycles. The molecule has 5 rings (SSSR count). The van der Waals surface area contributed by atoms with Gasteiger partial charge in [-0.3, -0.25) is 9.59 Å². The van der Waals surface area contributed by atoms with Gasteiger partial charge in [0.1, 0.15) is 23.3 Å². The average molecular weight is 461 g/mol. The van der Waals surface area contributed by atoms with Crippen LogP contribution < -0.4 is 0 Å². The summed E-state index contributed by atoms with van der Waals surface area (Å²) >= 11 is 0. The first-order valence-electron chi connectivity index (χ1n) is 11.1. The second kappa shape index (κ2) is 9.38. The van der Waals surface area contributed by atoms with Gasteiger partial charge in [-0.1, -0.05) is 12.1 Å². The van der Waals surface area contributed by atoms with Crippen LogP contribution >= 0.6 is 0 Å². The minimum Gasteiger partial charge on any atom is -0.467 e. The molecule has 174 valence electrons. The van der Waals surface area contributed by atoms with E-state index in [-0.39, 0.29) is 5.91 Å². The number of hydrogen-bond acceptors (Lipinski definition) is 7. The number of benzene rings is 1. The number of esters is 1.